The highest BCUT2D eigenvalue weighted by Crippen LogP contribution is 2.63. The van der Waals surface area contributed by atoms with Gasteiger partial charge in [-0.05, 0) is 70.1 Å². The van der Waals surface area contributed by atoms with Crippen molar-refractivity contribution in [2.45, 2.75) is 141 Å². The monoisotopic (exact) mass is 614 g/mol. The van der Waals surface area contributed by atoms with Gasteiger partial charge in [-0.3, -0.25) is 0 Å². The van der Waals surface area contributed by atoms with Gasteiger partial charge in [0.25, 0.3) is 0 Å². The van der Waals surface area contributed by atoms with E-state index in [0.717, 1.165) is 32.1 Å². The molecule has 0 aromatic carbocycles. The highest BCUT2D eigenvalue weighted by molar-refractivity contribution is 5.24. The lowest BCUT2D eigenvalue weighted by Gasteiger charge is -2.61. The summed E-state index contributed by atoms with van der Waals surface area (Å²) in [6, 6.07) is 0. The van der Waals surface area contributed by atoms with Crippen LogP contribution in [0.25, 0.3) is 0 Å². The molecule has 2 aliphatic heterocycles. The van der Waals surface area contributed by atoms with Gasteiger partial charge in [-0.15, -0.1) is 0 Å². The Hall–Kier alpha value is -0.960. The minimum absolute atomic E-state index is 0.0257. The third-order valence-corrected chi connectivity index (χ3v) is 11.4. The highest BCUT2D eigenvalue weighted by atomic mass is 16.7. The van der Waals surface area contributed by atoms with Gasteiger partial charge < -0.3 is 54.7 Å². The van der Waals surface area contributed by atoms with Crippen LogP contribution >= 0.6 is 0 Å². The Bertz CT molecular complexity index is 1000. The van der Waals surface area contributed by atoms with E-state index in [2.05, 4.69) is 40.7 Å². The molecule has 2 heterocycles. The molecule has 0 spiro atoms. The summed E-state index contributed by atoms with van der Waals surface area (Å²) in [7, 11) is 0. The van der Waals surface area contributed by atoms with Gasteiger partial charge in [0.15, 0.2) is 12.6 Å². The SMILES string of the molecule is CC1=CCC[C@@H]2[C@](C)(CC/C(C)=C/CO)[C@H](C)C[C@H](O[C@@H]3O[C@@H](C)[C@H](O[C@@H]4O[C@H](CO)[C@@H](O)[C@H](O)[C@H]4O)[C@@H](O)[C@H]3O)[C@@]12C. The van der Waals surface area contributed by atoms with Crippen LogP contribution in [0.15, 0.2) is 23.3 Å². The molecule has 248 valence electrons. The smallest absolute Gasteiger partial charge is 0.187 e. The molecular formula is C32H54O11. The van der Waals surface area contributed by atoms with Gasteiger partial charge >= 0.3 is 0 Å². The first kappa shape index (κ1) is 34.9. The molecule has 11 heteroatoms. The molecule has 0 aromatic heterocycles. The molecule has 43 heavy (non-hydrogen) atoms. The largest absolute Gasteiger partial charge is 0.394 e. The lowest BCUT2D eigenvalue weighted by Crippen LogP contribution is -2.65. The maximum absolute atomic E-state index is 11.2. The van der Waals surface area contributed by atoms with Crippen LogP contribution in [0.4, 0.5) is 0 Å². The molecule has 2 aliphatic carbocycles. The average molecular weight is 615 g/mol. The van der Waals surface area contributed by atoms with Crippen LogP contribution in [0, 0.1) is 22.7 Å². The first-order valence-electron chi connectivity index (χ1n) is 15.8. The summed E-state index contributed by atoms with van der Waals surface area (Å²) in [5.74, 6) is 0.611. The van der Waals surface area contributed by atoms with Gasteiger partial charge in [0.1, 0.15) is 42.7 Å². The summed E-state index contributed by atoms with van der Waals surface area (Å²) in [5, 5.41) is 71.8. The van der Waals surface area contributed by atoms with E-state index in [0.29, 0.717) is 11.8 Å². The number of hydrogen-bond donors (Lipinski definition) is 7. The molecule has 0 radical (unpaired) electrons. The second kappa shape index (κ2) is 13.8. The number of aliphatic hydroxyl groups excluding tert-OH is 7. The molecule has 15 atom stereocenters. The molecule has 1 saturated carbocycles. The van der Waals surface area contributed by atoms with Gasteiger partial charge in [0.05, 0.1) is 25.4 Å². The fourth-order valence-corrected chi connectivity index (χ4v) is 8.08. The Labute approximate surface area is 255 Å². The van der Waals surface area contributed by atoms with Crippen molar-refractivity contribution in [2.24, 2.45) is 22.7 Å². The molecule has 11 nitrogen and oxygen atoms in total. The minimum Gasteiger partial charge on any atom is -0.394 e. The van der Waals surface area contributed by atoms with Gasteiger partial charge in [-0.1, -0.05) is 44.1 Å². The summed E-state index contributed by atoms with van der Waals surface area (Å²) in [6.07, 6.45) is -5.01. The van der Waals surface area contributed by atoms with Crippen LogP contribution in [-0.2, 0) is 18.9 Å². The van der Waals surface area contributed by atoms with Gasteiger partial charge in [-0.25, -0.2) is 0 Å². The molecule has 2 saturated heterocycles. The van der Waals surface area contributed by atoms with E-state index in [-0.39, 0.29) is 23.5 Å². The fourth-order valence-electron chi connectivity index (χ4n) is 8.08. The topological polar surface area (TPSA) is 179 Å². The molecule has 4 rings (SSSR count). The number of aliphatic hydroxyl groups is 7. The third-order valence-electron chi connectivity index (χ3n) is 11.4. The highest BCUT2D eigenvalue weighted by Gasteiger charge is 2.59. The molecule has 4 aliphatic rings. The van der Waals surface area contributed by atoms with Crippen LogP contribution < -0.4 is 0 Å². The van der Waals surface area contributed by atoms with E-state index in [1.54, 1.807) is 6.92 Å². The van der Waals surface area contributed by atoms with E-state index in [1.165, 1.54) is 11.1 Å². The van der Waals surface area contributed by atoms with E-state index in [1.807, 2.05) is 6.08 Å². The molecule has 0 amide bonds. The van der Waals surface area contributed by atoms with Gasteiger partial charge in [-0.2, -0.15) is 0 Å². The number of hydrogen-bond acceptors (Lipinski definition) is 11. The van der Waals surface area contributed by atoms with Crippen molar-refractivity contribution in [2.75, 3.05) is 13.2 Å². The van der Waals surface area contributed by atoms with E-state index < -0.39 is 68.0 Å². The minimum atomic E-state index is -1.65. The molecule has 3 fully saturated rings. The zero-order valence-corrected chi connectivity index (χ0v) is 26.4. The quantitative estimate of drug-likeness (QED) is 0.185. The van der Waals surface area contributed by atoms with Crippen molar-refractivity contribution in [3.05, 3.63) is 23.3 Å². The first-order valence-corrected chi connectivity index (χ1v) is 15.8. The van der Waals surface area contributed by atoms with Crippen molar-refractivity contribution in [3.63, 3.8) is 0 Å². The van der Waals surface area contributed by atoms with E-state index in [4.69, 9.17) is 18.9 Å². The Morgan fingerprint density at radius 1 is 0.953 bits per heavy atom. The fraction of sp³-hybridized carbons (Fsp3) is 0.875. The van der Waals surface area contributed by atoms with Gasteiger partial charge in [0.2, 0.25) is 0 Å². The number of rotatable bonds is 9. The van der Waals surface area contributed by atoms with Gasteiger partial charge in [0, 0.05) is 5.41 Å². The van der Waals surface area contributed by atoms with Crippen LogP contribution in [0.5, 0.6) is 0 Å². The van der Waals surface area contributed by atoms with Crippen molar-refractivity contribution in [1.82, 2.24) is 0 Å². The van der Waals surface area contributed by atoms with Crippen molar-refractivity contribution in [1.29, 1.82) is 0 Å². The maximum Gasteiger partial charge on any atom is 0.187 e. The van der Waals surface area contributed by atoms with Crippen LogP contribution in [-0.4, -0.2) is 116 Å². The zero-order chi connectivity index (χ0) is 31.9. The van der Waals surface area contributed by atoms with Crippen molar-refractivity contribution >= 4 is 0 Å². The predicted octanol–water partition coefficient (Wildman–Crippen LogP) is 1.15. The van der Waals surface area contributed by atoms with Crippen molar-refractivity contribution in [3.8, 4) is 0 Å². The molecular weight excluding hydrogens is 560 g/mol. The van der Waals surface area contributed by atoms with Crippen LogP contribution in [0.1, 0.15) is 73.6 Å². The molecule has 0 aromatic rings. The summed E-state index contributed by atoms with van der Waals surface area (Å²) in [5.41, 5.74) is 2.13. The lowest BCUT2D eigenvalue weighted by molar-refractivity contribution is -0.364. The molecule has 7 N–H and O–H groups in total. The molecule has 0 unspecified atom stereocenters. The molecule has 0 bridgehead atoms. The van der Waals surface area contributed by atoms with E-state index >= 15 is 0 Å². The summed E-state index contributed by atoms with van der Waals surface area (Å²) in [6.45, 7) is 12.2. The summed E-state index contributed by atoms with van der Waals surface area (Å²) >= 11 is 0. The number of ether oxygens (including phenoxy) is 4. The number of fused-ring (bicyclic) bond motifs is 1. The first-order chi connectivity index (χ1) is 20.2. The zero-order valence-electron chi connectivity index (χ0n) is 26.4. The Morgan fingerprint density at radius 3 is 2.26 bits per heavy atom. The lowest BCUT2D eigenvalue weighted by atomic mass is 9.46. The Balaban J connectivity index is 1.50. The third kappa shape index (κ3) is 6.51. The Morgan fingerprint density at radius 2 is 1.60 bits per heavy atom. The van der Waals surface area contributed by atoms with Crippen LogP contribution in [0.3, 0.4) is 0 Å². The second-order valence-electron chi connectivity index (χ2n) is 13.8. The predicted molar refractivity (Wildman–Crippen MR) is 156 cm³/mol. The number of allylic oxidation sites excluding steroid dienone is 2. The van der Waals surface area contributed by atoms with Crippen LogP contribution in [0.2, 0.25) is 0 Å². The standard InChI is InChI=1S/C32H54O11/c1-16(11-13-33)10-12-31(5)18(3)14-22(32(6)17(2)8-7-9-21(31)32)42-29-27(39)25(37)28(19(4)40-29)43-30-26(38)24(36)23(35)20(15-34)41-30/h8,11,18-30,33-39H,7,9-10,12-15H2,1-6H3/b16-11+/t18-,19+,20-,21-,22+,23-,24+,25+,26-,27-,28+,29+,30+,31-,32+/m1/s1. The summed E-state index contributed by atoms with van der Waals surface area (Å²) < 4.78 is 24.0. The summed E-state index contributed by atoms with van der Waals surface area (Å²) in [4.78, 5) is 0. The average Bonchev–Trinajstić information content (AvgIpc) is 2.97. The second-order valence-corrected chi connectivity index (χ2v) is 13.8. The van der Waals surface area contributed by atoms with E-state index in [9.17, 15) is 35.7 Å². The maximum atomic E-state index is 11.2. The Kier molecular flexibility index (Phi) is 11.2. The normalized spacial score (nSPS) is 49.4. The van der Waals surface area contributed by atoms with Crippen molar-refractivity contribution < 1.29 is 54.7 Å².